The van der Waals surface area contributed by atoms with Gasteiger partial charge in [-0.05, 0) is 37.5 Å². The molecule has 0 saturated carbocycles. The van der Waals surface area contributed by atoms with Crippen LogP contribution in [0.1, 0.15) is 30.3 Å². The number of rotatable bonds is 5. The summed E-state index contributed by atoms with van der Waals surface area (Å²) in [6, 6.07) is 6.47. The van der Waals surface area contributed by atoms with Gasteiger partial charge < -0.3 is 9.80 Å². The quantitative estimate of drug-likeness (QED) is 0.767. The standard InChI is InChI=1S/C20H26FN5OS/c1-15(19(27)25-8-2-3-9-25)24-10-12-26(13-11-24)20-23-22-18(28-20)14-16-4-6-17(21)7-5-16/h4-7,15H,2-3,8-14H2,1H3. The predicted molar refractivity (Wildman–Crippen MR) is 108 cm³/mol. The Morgan fingerprint density at radius 1 is 1.07 bits per heavy atom. The van der Waals surface area contributed by atoms with Gasteiger partial charge in [0.1, 0.15) is 10.8 Å². The Hall–Kier alpha value is -2.06. The minimum atomic E-state index is -0.225. The number of anilines is 1. The summed E-state index contributed by atoms with van der Waals surface area (Å²) in [4.78, 5) is 19.1. The second-order valence-electron chi connectivity index (χ2n) is 7.51. The number of aromatic nitrogens is 2. The molecule has 0 aliphatic carbocycles. The minimum absolute atomic E-state index is 0.0521. The Labute approximate surface area is 169 Å². The van der Waals surface area contributed by atoms with Gasteiger partial charge in [0.2, 0.25) is 11.0 Å². The number of carbonyl (C=O) groups excluding carboxylic acids is 1. The van der Waals surface area contributed by atoms with E-state index in [1.54, 1.807) is 23.5 Å². The van der Waals surface area contributed by atoms with E-state index in [2.05, 4.69) is 20.0 Å². The Morgan fingerprint density at radius 3 is 2.43 bits per heavy atom. The molecule has 3 heterocycles. The maximum atomic E-state index is 13.0. The fraction of sp³-hybridized carbons (Fsp3) is 0.550. The highest BCUT2D eigenvalue weighted by Gasteiger charge is 2.30. The molecule has 2 saturated heterocycles. The molecular formula is C20H26FN5OS. The molecule has 6 nitrogen and oxygen atoms in total. The maximum absolute atomic E-state index is 13.0. The van der Waals surface area contributed by atoms with Gasteiger partial charge in [0.15, 0.2) is 0 Å². The van der Waals surface area contributed by atoms with Crippen molar-refractivity contribution >= 4 is 22.4 Å². The average molecular weight is 404 g/mol. The van der Waals surface area contributed by atoms with Gasteiger partial charge in [-0.25, -0.2) is 4.39 Å². The Morgan fingerprint density at radius 2 is 1.75 bits per heavy atom. The summed E-state index contributed by atoms with van der Waals surface area (Å²) >= 11 is 1.59. The van der Waals surface area contributed by atoms with Crippen molar-refractivity contribution in [1.29, 1.82) is 0 Å². The first-order chi connectivity index (χ1) is 13.6. The largest absolute Gasteiger partial charge is 0.344 e. The first kappa shape index (κ1) is 19.3. The van der Waals surface area contributed by atoms with Crippen LogP contribution in [0.5, 0.6) is 0 Å². The van der Waals surface area contributed by atoms with Crippen LogP contribution in [0.4, 0.5) is 9.52 Å². The van der Waals surface area contributed by atoms with E-state index in [9.17, 15) is 9.18 Å². The van der Waals surface area contributed by atoms with Gasteiger partial charge in [-0.15, -0.1) is 10.2 Å². The first-order valence-corrected chi connectivity index (χ1v) is 10.8. The molecule has 28 heavy (non-hydrogen) atoms. The number of likely N-dealkylation sites (tertiary alicyclic amines) is 1. The molecule has 1 unspecified atom stereocenters. The molecule has 1 amide bonds. The smallest absolute Gasteiger partial charge is 0.239 e. The summed E-state index contributed by atoms with van der Waals surface area (Å²) in [5, 5.41) is 10.5. The topological polar surface area (TPSA) is 52.6 Å². The third-order valence-corrected chi connectivity index (χ3v) is 6.62. The average Bonchev–Trinajstić information content (AvgIpc) is 3.41. The summed E-state index contributed by atoms with van der Waals surface area (Å²) in [6.07, 6.45) is 2.92. The zero-order valence-electron chi connectivity index (χ0n) is 16.2. The molecule has 0 N–H and O–H groups in total. The van der Waals surface area contributed by atoms with Crippen LogP contribution < -0.4 is 4.90 Å². The Bertz CT molecular complexity index is 797. The molecule has 2 aromatic rings. The summed E-state index contributed by atoms with van der Waals surface area (Å²) in [5.74, 6) is 0.0421. The molecule has 2 aliphatic rings. The molecule has 0 radical (unpaired) electrons. The number of hydrogen-bond acceptors (Lipinski definition) is 6. The monoisotopic (exact) mass is 403 g/mol. The van der Waals surface area contributed by atoms with Crippen molar-refractivity contribution in [2.45, 2.75) is 32.2 Å². The molecule has 2 fully saturated rings. The molecule has 4 rings (SSSR count). The second kappa shape index (κ2) is 8.53. The van der Waals surface area contributed by atoms with Gasteiger partial charge >= 0.3 is 0 Å². The van der Waals surface area contributed by atoms with Crippen molar-refractivity contribution in [3.8, 4) is 0 Å². The third-order valence-electron chi connectivity index (χ3n) is 5.63. The highest BCUT2D eigenvalue weighted by molar-refractivity contribution is 7.15. The fourth-order valence-electron chi connectivity index (χ4n) is 3.88. The molecule has 2 aliphatic heterocycles. The Balaban J connectivity index is 1.30. The second-order valence-corrected chi connectivity index (χ2v) is 8.55. The lowest BCUT2D eigenvalue weighted by atomic mass is 10.2. The zero-order chi connectivity index (χ0) is 19.5. The van der Waals surface area contributed by atoms with Crippen LogP contribution >= 0.6 is 11.3 Å². The Kier molecular flexibility index (Phi) is 5.87. The highest BCUT2D eigenvalue weighted by atomic mass is 32.1. The number of benzene rings is 1. The van der Waals surface area contributed by atoms with Crippen molar-refractivity contribution in [2.75, 3.05) is 44.2 Å². The van der Waals surface area contributed by atoms with Gasteiger partial charge in [-0.2, -0.15) is 0 Å². The molecule has 150 valence electrons. The zero-order valence-corrected chi connectivity index (χ0v) is 17.0. The lowest BCUT2D eigenvalue weighted by Crippen LogP contribution is -2.54. The number of piperazine rings is 1. The van der Waals surface area contributed by atoms with Gasteiger partial charge in [0.25, 0.3) is 0 Å². The number of halogens is 1. The molecule has 0 spiro atoms. The molecule has 1 atom stereocenters. The lowest BCUT2D eigenvalue weighted by Gasteiger charge is -2.38. The highest BCUT2D eigenvalue weighted by Crippen LogP contribution is 2.24. The van der Waals surface area contributed by atoms with Crippen LogP contribution in [0.15, 0.2) is 24.3 Å². The number of amides is 1. The van der Waals surface area contributed by atoms with Crippen LogP contribution in [0.2, 0.25) is 0 Å². The van der Waals surface area contributed by atoms with E-state index in [1.807, 2.05) is 11.8 Å². The van der Waals surface area contributed by atoms with E-state index in [-0.39, 0.29) is 17.8 Å². The normalized spacial score (nSPS) is 19.2. The molecule has 1 aromatic heterocycles. The predicted octanol–water partition coefficient (Wildman–Crippen LogP) is 2.40. The van der Waals surface area contributed by atoms with Crippen LogP contribution in [0, 0.1) is 5.82 Å². The van der Waals surface area contributed by atoms with E-state index in [0.29, 0.717) is 6.42 Å². The lowest BCUT2D eigenvalue weighted by molar-refractivity contribution is -0.135. The number of carbonyl (C=O) groups is 1. The van der Waals surface area contributed by atoms with E-state index >= 15 is 0 Å². The molecule has 1 aromatic carbocycles. The first-order valence-electron chi connectivity index (χ1n) is 9.95. The molecular weight excluding hydrogens is 377 g/mol. The SMILES string of the molecule is CC(C(=O)N1CCCC1)N1CCN(c2nnc(Cc3ccc(F)cc3)s2)CC1. The summed E-state index contributed by atoms with van der Waals surface area (Å²) in [7, 11) is 0. The maximum Gasteiger partial charge on any atom is 0.239 e. The van der Waals surface area contributed by atoms with Gasteiger partial charge in [-0.3, -0.25) is 9.69 Å². The van der Waals surface area contributed by atoms with E-state index < -0.39 is 0 Å². The van der Waals surface area contributed by atoms with Gasteiger partial charge in [-0.1, -0.05) is 23.5 Å². The minimum Gasteiger partial charge on any atom is -0.344 e. The molecule has 8 heteroatoms. The third kappa shape index (κ3) is 4.33. The van der Waals surface area contributed by atoms with Gasteiger partial charge in [0.05, 0.1) is 6.04 Å². The summed E-state index contributed by atoms with van der Waals surface area (Å²) in [5.41, 5.74) is 1.03. The van der Waals surface area contributed by atoms with Crippen molar-refractivity contribution in [3.63, 3.8) is 0 Å². The van der Waals surface area contributed by atoms with E-state index in [1.165, 1.54) is 12.1 Å². The van der Waals surface area contributed by atoms with Crippen LogP contribution in [-0.2, 0) is 11.2 Å². The van der Waals surface area contributed by atoms with Crippen LogP contribution in [0.3, 0.4) is 0 Å². The van der Waals surface area contributed by atoms with Crippen molar-refractivity contribution in [1.82, 2.24) is 20.0 Å². The van der Waals surface area contributed by atoms with Crippen molar-refractivity contribution in [3.05, 3.63) is 40.7 Å². The van der Waals surface area contributed by atoms with Crippen molar-refractivity contribution in [2.24, 2.45) is 0 Å². The summed E-state index contributed by atoms with van der Waals surface area (Å²) in [6.45, 7) is 7.25. The fourth-order valence-corrected chi connectivity index (χ4v) is 4.80. The van der Waals surface area contributed by atoms with E-state index in [0.717, 1.165) is 67.8 Å². The summed E-state index contributed by atoms with van der Waals surface area (Å²) < 4.78 is 13.0. The van der Waals surface area contributed by atoms with Crippen molar-refractivity contribution < 1.29 is 9.18 Å². The van der Waals surface area contributed by atoms with Gasteiger partial charge in [0, 0.05) is 45.7 Å². The number of nitrogens with zero attached hydrogens (tertiary/aromatic N) is 5. The van der Waals surface area contributed by atoms with E-state index in [4.69, 9.17) is 0 Å². The number of hydrogen-bond donors (Lipinski definition) is 0. The molecule has 0 bridgehead atoms. The van der Waals surface area contributed by atoms with Crippen LogP contribution in [-0.4, -0.2) is 71.2 Å². The van der Waals surface area contributed by atoms with Crippen LogP contribution in [0.25, 0.3) is 0 Å².